The number of nitrogens with zero attached hydrogens (tertiary/aromatic N) is 2. The number of benzene rings is 2. The van der Waals surface area contributed by atoms with Gasteiger partial charge in [-0.05, 0) is 30.3 Å². The molecule has 0 aliphatic rings. The standard InChI is InChI=1S/C18H12N2O4/c1-23-17(21)13-9-11-7-8-15-14(16(11)24-18(13)22)10-19-20(15)12-5-3-2-4-6-12/h2-10H,1H3. The summed E-state index contributed by atoms with van der Waals surface area (Å²) in [6.45, 7) is 0. The zero-order valence-corrected chi connectivity index (χ0v) is 12.7. The van der Waals surface area contributed by atoms with Crippen molar-refractivity contribution in [3.8, 4) is 5.69 Å². The van der Waals surface area contributed by atoms with Crippen LogP contribution in [0.25, 0.3) is 27.6 Å². The third-order valence-electron chi connectivity index (χ3n) is 3.85. The first-order valence-electron chi connectivity index (χ1n) is 7.27. The fourth-order valence-corrected chi connectivity index (χ4v) is 2.71. The van der Waals surface area contributed by atoms with Crippen LogP contribution >= 0.6 is 0 Å². The molecule has 4 aromatic rings. The Morgan fingerprint density at radius 2 is 1.96 bits per heavy atom. The van der Waals surface area contributed by atoms with Gasteiger partial charge in [-0.1, -0.05) is 18.2 Å². The van der Waals surface area contributed by atoms with E-state index in [9.17, 15) is 9.59 Å². The van der Waals surface area contributed by atoms with Gasteiger partial charge in [-0.2, -0.15) is 5.10 Å². The highest BCUT2D eigenvalue weighted by atomic mass is 16.5. The topological polar surface area (TPSA) is 74.3 Å². The third-order valence-corrected chi connectivity index (χ3v) is 3.85. The Bertz CT molecular complexity index is 1130. The summed E-state index contributed by atoms with van der Waals surface area (Å²) >= 11 is 0. The Morgan fingerprint density at radius 3 is 2.71 bits per heavy atom. The Kier molecular flexibility index (Phi) is 3.16. The molecule has 0 atom stereocenters. The van der Waals surface area contributed by atoms with E-state index in [0.29, 0.717) is 16.4 Å². The first kappa shape index (κ1) is 14.2. The van der Waals surface area contributed by atoms with Crippen molar-refractivity contribution in [3.63, 3.8) is 0 Å². The maximum absolute atomic E-state index is 12.1. The lowest BCUT2D eigenvalue weighted by Crippen LogP contribution is -2.14. The summed E-state index contributed by atoms with van der Waals surface area (Å²) in [5, 5.41) is 5.72. The Hall–Kier alpha value is -3.41. The van der Waals surface area contributed by atoms with Crippen LogP contribution in [0.3, 0.4) is 0 Å². The lowest BCUT2D eigenvalue weighted by atomic mass is 10.1. The molecule has 2 aromatic carbocycles. The number of hydrogen-bond donors (Lipinski definition) is 0. The van der Waals surface area contributed by atoms with Gasteiger partial charge >= 0.3 is 11.6 Å². The Balaban J connectivity index is 1.99. The van der Waals surface area contributed by atoms with Crippen LogP contribution in [0.15, 0.2) is 63.9 Å². The number of esters is 1. The molecular formula is C18H12N2O4. The van der Waals surface area contributed by atoms with E-state index in [0.717, 1.165) is 11.2 Å². The summed E-state index contributed by atoms with van der Waals surface area (Å²) in [5.41, 5.74) is 1.25. The van der Waals surface area contributed by atoms with E-state index < -0.39 is 11.6 Å². The summed E-state index contributed by atoms with van der Waals surface area (Å²) in [6, 6.07) is 14.8. The van der Waals surface area contributed by atoms with E-state index in [-0.39, 0.29) is 5.56 Å². The van der Waals surface area contributed by atoms with Crippen molar-refractivity contribution >= 4 is 27.8 Å². The van der Waals surface area contributed by atoms with Gasteiger partial charge in [0.2, 0.25) is 0 Å². The molecule has 2 heterocycles. The van der Waals surface area contributed by atoms with Gasteiger partial charge in [0.1, 0.15) is 11.1 Å². The van der Waals surface area contributed by atoms with Crippen molar-refractivity contribution in [2.45, 2.75) is 0 Å². The number of para-hydroxylation sites is 1. The predicted octanol–water partition coefficient (Wildman–Crippen LogP) is 2.92. The van der Waals surface area contributed by atoms with Crippen LogP contribution in [0, 0.1) is 0 Å². The van der Waals surface area contributed by atoms with E-state index in [1.165, 1.54) is 13.2 Å². The number of carbonyl (C=O) groups is 1. The molecule has 0 unspecified atom stereocenters. The van der Waals surface area contributed by atoms with Crippen LogP contribution in [0.2, 0.25) is 0 Å². The number of aromatic nitrogens is 2. The van der Waals surface area contributed by atoms with Crippen molar-refractivity contribution in [2.75, 3.05) is 7.11 Å². The summed E-state index contributed by atoms with van der Waals surface area (Å²) in [6.07, 6.45) is 1.64. The molecule has 0 fully saturated rings. The average molecular weight is 320 g/mol. The SMILES string of the molecule is COC(=O)c1cc2ccc3c(cnn3-c3ccccc3)c2oc1=O. The van der Waals surface area contributed by atoms with Gasteiger partial charge in [-0.3, -0.25) is 0 Å². The van der Waals surface area contributed by atoms with E-state index in [4.69, 9.17) is 4.42 Å². The second kappa shape index (κ2) is 5.34. The minimum Gasteiger partial charge on any atom is -0.465 e. The second-order valence-corrected chi connectivity index (χ2v) is 5.25. The molecule has 0 bridgehead atoms. The van der Waals surface area contributed by atoms with E-state index in [1.54, 1.807) is 16.9 Å². The van der Waals surface area contributed by atoms with Crippen molar-refractivity contribution in [1.29, 1.82) is 0 Å². The molecule has 0 N–H and O–H groups in total. The van der Waals surface area contributed by atoms with E-state index >= 15 is 0 Å². The van der Waals surface area contributed by atoms with Crippen LogP contribution in [-0.4, -0.2) is 22.9 Å². The van der Waals surface area contributed by atoms with Crippen molar-refractivity contribution < 1.29 is 13.9 Å². The minimum absolute atomic E-state index is 0.125. The normalized spacial score (nSPS) is 11.0. The maximum Gasteiger partial charge on any atom is 0.351 e. The fraction of sp³-hybridized carbons (Fsp3) is 0.0556. The highest BCUT2D eigenvalue weighted by molar-refractivity contribution is 6.04. The van der Waals surface area contributed by atoms with Gasteiger partial charge < -0.3 is 9.15 Å². The molecular weight excluding hydrogens is 308 g/mol. The summed E-state index contributed by atoms with van der Waals surface area (Å²) < 4.78 is 11.7. The molecule has 4 rings (SSSR count). The third kappa shape index (κ3) is 2.08. The minimum atomic E-state index is -0.727. The number of fused-ring (bicyclic) bond motifs is 3. The molecule has 0 amide bonds. The van der Waals surface area contributed by atoms with Crippen LogP contribution in [0.1, 0.15) is 10.4 Å². The van der Waals surface area contributed by atoms with Gasteiger partial charge in [0, 0.05) is 5.39 Å². The molecule has 0 aliphatic carbocycles. The van der Waals surface area contributed by atoms with Crippen LogP contribution < -0.4 is 5.63 Å². The second-order valence-electron chi connectivity index (χ2n) is 5.25. The molecule has 2 aromatic heterocycles. The molecule has 24 heavy (non-hydrogen) atoms. The molecule has 6 heteroatoms. The Labute approximate surface area is 135 Å². The predicted molar refractivity (Wildman–Crippen MR) is 88.5 cm³/mol. The molecule has 0 saturated carbocycles. The van der Waals surface area contributed by atoms with E-state index in [2.05, 4.69) is 9.84 Å². The smallest absolute Gasteiger partial charge is 0.351 e. The molecule has 118 valence electrons. The van der Waals surface area contributed by atoms with Crippen molar-refractivity contribution in [2.24, 2.45) is 0 Å². The zero-order chi connectivity index (χ0) is 16.7. The molecule has 0 spiro atoms. The van der Waals surface area contributed by atoms with Gasteiger partial charge in [0.05, 0.1) is 29.9 Å². The largest absolute Gasteiger partial charge is 0.465 e. The maximum atomic E-state index is 12.1. The summed E-state index contributed by atoms with van der Waals surface area (Å²) in [4.78, 5) is 23.7. The van der Waals surface area contributed by atoms with Crippen LogP contribution in [-0.2, 0) is 4.74 Å². The number of ether oxygens (including phenoxy) is 1. The number of rotatable bonds is 2. The Morgan fingerprint density at radius 1 is 1.17 bits per heavy atom. The summed E-state index contributed by atoms with van der Waals surface area (Å²) in [7, 11) is 1.22. The van der Waals surface area contributed by atoms with Crippen LogP contribution in [0.4, 0.5) is 0 Å². The van der Waals surface area contributed by atoms with Gasteiger partial charge in [-0.25, -0.2) is 14.3 Å². The highest BCUT2D eigenvalue weighted by Crippen LogP contribution is 2.26. The van der Waals surface area contributed by atoms with Gasteiger partial charge in [-0.15, -0.1) is 0 Å². The zero-order valence-electron chi connectivity index (χ0n) is 12.7. The first-order chi connectivity index (χ1) is 11.7. The molecule has 0 saturated heterocycles. The van der Waals surface area contributed by atoms with Gasteiger partial charge in [0.25, 0.3) is 0 Å². The quantitative estimate of drug-likeness (QED) is 0.419. The van der Waals surface area contributed by atoms with Crippen molar-refractivity contribution in [1.82, 2.24) is 9.78 Å². The fourth-order valence-electron chi connectivity index (χ4n) is 2.71. The van der Waals surface area contributed by atoms with E-state index in [1.807, 2.05) is 36.4 Å². The monoisotopic (exact) mass is 320 g/mol. The van der Waals surface area contributed by atoms with Crippen molar-refractivity contribution in [3.05, 3.63) is 70.7 Å². The lowest BCUT2D eigenvalue weighted by molar-refractivity contribution is 0.0596. The first-order valence-corrected chi connectivity index (χ1v) is 7.27. The highest BCUT2D eigenvalue weighted by Gasteiger charge is 2.16. The summed E-state index contributed by atoms with van der Waals surface area (Å²) in [5.74, 6) is -0.717. The number of carbonyl (C=O) groups excluding carboxylic acids is 1. The van der Waals surface area contributed by atoms with Crippen LogP contribution in [0.5, 0.6) is 0 Å². The average Bonchev–Trinajstić information content (AvgIpc) is 3.06. The lowest BCUT2D eigenvalue weighted by Gasteiger charge is -2.04. The molecule has 0 aliphatic heterocycles. The number of methoxy groups -OCH3 is 1. The molecule has 0 radical (unpaired) electrons. The number of hydrogen-bond acceptors (Lipinski definition) is 5. The van der Waals surface area contributed by atoms with Gasteiger partial charge in [0.15, 0.2) is 0 Å². The molecule has 6 nitrogen and oxygen atoms in total.